The number of amides is 1. The van der Waals surface area contributed by atoms with Gasteiger partial charge in [-0.15, -0.1) is 0 Å². The van der Waals surface area contributed by atoms with Crippen LogP contribution >= 0.6 is 0 Å². The van der Waals surface area contributed by atoms with E-state index in [0.29, 0.717) is 12.4 Å². The number of carbonyl (C=O) groups excluding carboxylic acids is 1. The lowest BCUT2D eigenvalue weighted by molar-refractivity contribution is -0.0150. The predicted octanol–water partition coefficient (Wildman–Crippen LogP) is 5.84. The normalized spacial score (nSPS) is 13.2. The van der Waals surface area contributed by atoms with Crippen molar-refractivity contribution in [1.82, 2.24) is 4.90 Å². The van der Waals surface area contributed by atoms with Crippen LogP contribution in [0.2, 0.25) is 0 Å². The number of aryl methyl sites for hydroxylation is 1. The van der Waals surface area contributed by atoms with Crippen LogP contribution in [-0.2, 0) is 10.2 Å². The molecule has 0 saturated carbocycles. The van der Waals surface area contributed by atoms with Crippen LogP contribution in [0.1, 0.15) is 74.9 Å². The van der Waals surface area contributed by atoms with Crippen molar-refractivity contribution < 1.29 is 18.7 Å². The molecule has 172 valence electrons. The second-order valence-electron chi connectivity index (χ2n) is 9.53. The van der Waals surface area contributed by atoms with Crippen molar-refractivity contribution in [2.24, 2.45) is 5.41 Å². The Hall–Kier alpha value is -2.27. The zero-order valence-corrected chi connectivity index (χ0v) is 20.7. The Labute approximate surface area is 187 Å². The zero-order valence-electron chi connectivity index (χ0n) is 20.7. The number of rotatable bonds is 9. The molecule has 2 aromatic rings. The highest BCUT2D eigenvalue weighted by Crippen LogP contribution is 2.41. The van der Waals surface area contributed by atoms with Crippen LogP contribution in [0.3, 0.4) is 0 Å². The van der Waals surface area contributed by atoms with Gasteiger partial charge in [0.1, 0.15) is 18.1 Å². The lowest BCUT2D eigenvalue weighted by Crippen LogP contribution is -2.34. The molecule has 0 bridgehead atoms. The summed E-state index contributed by atoms with van der Waals surface area (Å²) in [4.78, 5) is 13.9. The summed E-state index contributed by atoms with van der Waals surface area (Å²) in [5.74, 6) is 1.93. The molecular weight excluding hydrogens is 390 g/mol. The molecule has 0 aliphatic rings. The van der Waals surface area contributed by atoms with Crippen LogP contribution in [0.5, 0.6) is 5.75 Å². The average molecular weight is 430 g/mol. The fourth-order valence-electron chi connectivity index (χ4n) is 4.03. The van der Waals surface area contributed by atoms with E-state index in [-0.39, 0.29) is 22.8 Å². The number of methoxy groups -OCH3 is 1. The van der Waals surface area contributed by atoms with E-state index in [9.17, 15) is 4.79 Å². The monoisotopic (exact) mass is 429 g/mol. The van der Waals surface area contributed by atoms with Gasteiger partial charge in [0.05, 0.1) is 11.5 Å². The van der Waals surface area contributed by atoms with E-state index in [1.54, 1.807) is 27.3 Å². The molecule has 5 heteroatoms. The highest BCUT2D eigenvalue weighted by atomic mass is 16.5. The number of benzene rings is 1. The van der Waals surface area contributed by atoms with Crippen LogP contribution in [0.15, 0.2) is 34.7 Å². The molecule has 0 spiro atoms. The number of ether oxygens (including phenoxy) is 2. The molecular formula is C26H39NO4. The Morgan fingerprint density at radius 1 is 1.10 bits per heavy atom. The van der Waals surface area contributed by atoms with Crippen molar-refractivity contribution in [3.05, 3.63) is 53.0 Å². The molecule has 5 nitrogen and oxygen atoms in total. The van der Waals surface area contributed by atoms with Gasteiger partial charge in [0.15, 0.2) is 5.76 Å². The number of furan rings is 1. The summed E-state index contributed by atoms with van der Waals surface area (Å²) in [6.07, 6.45) is 1.73. The van der Waals surface area contributed by atoms with Gasteiger partial charge < -0.3 is 18.8 Å². The molecule has 31 heavy (non-hydrogen) atoms. The van der Waals surface area contributed by atoms with E-state index in [1.165, 1.54) is 10.5 Å². The topological polar surface area (TPSA) is 51.9 Å². The second-order valence-corrected chi connectivity index (χ2v) is 9.53. The third-order valence-corrected chi connectivity index (χ3v) is 6.27. The van der Waals surface area contributed by atoms with Gasteiger partial charge >= 0.3 is 0 Å². The van der Waals surface area contributed by atoms with Gasteiger partial charge in [-0.3, -0.25) is 4.79 Å². The van der Waals surface area contributed by atoms with E-state index in [1.807, 2.05) is 12.1 Å². The number of nitrogens with zero attached hydrogens (tertiary/aromatic N) is 1. The maximum absolute atomic E-state index is 12.3. The molecule has 1 amide bonds. The average Bonchev–Trinajstić information content (AvgIpc) is 3.20. The van der Waals surface area contributed by atoms with Crippen molar-refractivity contribution in [1.29, 1.82) is 0 Å². The largest absolute Gasteiger partial charge is 0.491 e. The van der Waals surface area contributed by atoms with Crippen LogP contribution in [0.25, 0.3) is 0 Å². The highest BCUT2D eigenvalue weighted by molar-refractivity contribution is 5.91. The van der Waals surface area contributed by atoms with E-state index < -0.39 is 0 Å². The number of hydrogen-bond acceptors (Lipinski definition) is 4. The Kier molecular flexibility index (Phi) is 7.98. The summed E-state index contributed by atoms with van der Waals surface area (Å²) in [7, 11) is 5.19. The molecule has 1 unspecified atom stereocenters. The first kappa shape index (κ1) is 25.0. The van der Waals surface area contributed by atoms with Crippen LogP contribution < -0.4 is 4.74 Å². The molecule has 0 aliphatic heterocycles. The van der Waals surface area contributed by atoms with Gasteiger partial charge in [-0.2, -0.15) is 0 Å². The van der Waals surface area contributed by atoms with Crippen molar-refractivity contribution in [3.8, 4) is 5.75 Å². The molecule has 0 N–H and O–H groups in total. The third-order valence-electron chi connectivity index (χ3n) is 6.27. The van der Waals surface area contributed by atoms with Crippen LogP contribution in [-0.4, -0.2) is 44.7 Å². The van der Waals surface area contributed by atoms with Gasteiger partial charge in [0.25, 0.3) is 5.91 Å². The molecule has 0 fully saturated rings. The first-order valence-electron chi connectivity index (χ1n) is 11.1. The lowest BCUT2D eigenvalue weighted by Gasteiger charge is -2.31. The quantitative estimate of drug-likeness (QED) is 0.503. The predicted molar refractivity (Wildman–Crippen MR) is 125 cm³/mol. The number of carbonyl (C=O) groups is 1. The summed E-state index contributed by atoms with van der Waals surface area (Å²) in [6.45, 7) is 13.3. The van der Waals surface area contributed by atoms with Gasteiger partial charge in [-0.1, -0.05) is 46.8 Å². The van der Waals surface area contributed by atoms with Crippen molar-refractivity contribution in [2.75, 3.05) is 27.8 Å². The van der Waals surface area contributed by atoms with Gasteiger partial charge in [0.2, 0.25) is 0 Å². The molecule has 0 saturated heterocycles. The number of hydrogen-bond donors (Lipinski definition) is 0. The zero-order chi connectivity index (χ0) is 23.4. The summed E-state index contributed by atoms with van der Waals surface area (Å²) < 4.78 is 17.8. The molecule has 2 rings (SSSR count). The third kappa shape index (κ3) is 5.32. The smallest absolute Gasteiger partial charge is 0.289 e. The van der Waals surface area contributed by atoms with Crippen molar-refractivity contribution in [3.63, 3.8) is 0 Å². The molecule has 1 atom stereocenters. The van der Waals surface area contributed by atoms with Crippen LogP contribution in [0, 0.1) is 12.3 Å². The Morgan fingerprint density at radius 2 is 1.74 bits per heavy atom. The van der Waals surface area contributed by atoms with E-state index in [2.05, 4.69) is 53.7 Å². The van der Waals surface area contributed by atoms with Crippen molar-refractivity contribution >= 4 is 5.91 Å². The van der Waals surface area contributed by atoms with Crippen LogP contribution in [0.4, 0.5) is 0 Å². The Morgan fingerprint density at radius 3 is 2.23 bits per heavy atom. The molecule has 1 heterocycles. The highest BCUT2D eigenvalue weighted by Gasteiger charge is 2.35. The molecule has 0 radical (unpaired) electrons. The Bertz CT molecular complexity index is 872. The molecule has 1 aromatic carbocycles. The minimum Gasteiger partial charge on any atom is -0.491 e. The first-order chi connectivity index (χ1) is 14.5. The lowest BCUT2D eigenvalue weighted by atomic mass is 9.73. The molecule has 1 aromatic heterocycles. The van der Waals surface area contributed by atoms with E-state index in [4.69, 9.17) is 13.9 Å². The minimum absolute atomic E-state index is 0.00313. The standard InChI is InChI=1S/C26H39NO4/c1-10-26(11-2,22-15-14-21(31-22)24(28)27(7)8)19-12-13-20(18(3)16-19)30-17-23(29-9)25(4,5)6/h12-16,23H,10-11,17H2,1-9H3. The van der Waals surface area contributed by atoms with E-state index in [0.717, 1.165) is 29.9 Å². The summed E-state index contributed by atoms with van der Waals surface area (Å²) in [5, 5.41) is 0. The van der Waals surface area contributed by atoms with Gasteiger partial charge in [-0.05, 0) is 54.5 Å². The SMILES string of the molecule is CCC(CC)(c1ccc(OCC(OC)C(C)(C)C)c(C)c1)c1ccc(C(=O)N(C)C)o1. The van der Waals surface area contributed by atoms with Gasteiger partial charge in [0, 0.05) is 21.2 Å². The maximum Gasteiger partial charge on any atom is 0.289 e. The second kappa shape index (κ2) is 9.90. The fourth-order valence-corrected chi connectivity index (χ4v) is 4.03. The van der Waals surface area contributed by atoms with Crippen molar-refractivity contribution in [2.45, 2.75) is 65.9 Å². The van der Waals surface area contributed by atoms with E-state index >= 15 is 0 Å². The molecule has 0 aliphatic carbocycles. The Balaban J connectivity index is 2.34. The minimum atomic E-state index is -0.297. The maximum atomic E-state index is 12.3. The first-order valence-corrected chi connectivity index (χ1v) is 11.1. The fraction of sp³-hybridized carbons (Fsp3) is 0.577. The summed E-state index contributed by atoms with van der Waals surface area (Å²) >= 11 is 0. The summed E-state index contributed by atoms with van der Waals surface area (Å²) in [5.41, 5.74) is 1.95. The van der Waals surface area contributed by atoms with Gasteiger partial charge in [-0.25, -0.2) is 0 Å². The summed E-state index contributed by atoms with van der Waals surface area (Å²) in [6, 6.07) is 10.0.